The maximum atomic E-state index is 5.48. The van der Waals surface area contributed by atoms with Crippen LogP contribution in [-0.4, -0.2) is 15.0 Å². The maximum absolute atomic E-state index is 5.48. The third-order valence-electron chi connectivity index (χ3n) is 1.58. The number of nitrogens with zero attached hydrogens (tertiary/aromatic N) is 3. The highest BCUT2D eigenvalue weighted by atomic mass is 32.1. The molecule has 0 aliphatic heterocycles. The average Bonchev–Trinajstić information content (AvgIpc) is 2.67. The Kier molecular flexibility index (Phi) is 2.55. The van der Waals surface area contributed by atoms with Crippen molar-refractivity contribution < 1.29 is 0 Å². The van der Waals surface area contributed by atoms with Gasteiger partial charge in [-0.2, -0.15) is 0 Å². The number of nitrogens with two attached hydrogens (primary N) is 1. The van der Waals surface area contributed by atoms with Crippen LogP contribution in [0.1, 0.15) is 4.88 Å². The smallest absolute Gasteiger partial charge is 0.147 e. The molecule has 0 spiro atoms. The summed E-state index contributed by atoms with van der Waals surface area (Å²) in [5, 5.41) is 3.10. The summed E-state index contributed by atoms with van der Waals surface area (Å²) in [7, 11) is 0. The Labute approximate surface area is 85.0 Å². The Hall–Kier alpha value is -1.69. The number of nitrogens with one attached hydrogen (secondary N) is 1. The molecule has 2 aromatic heterocycles. The fourth-order valence-corrected chi connectivity index (χ4v) is 1.51. The van der Waals surface area contributed by atoms with Gasteiger partial charge in [0.1, 0.15) is 11.6 Å². The number of rotatable bonds is 3. The molecule has 0 aromatic carbocycles. The van der Waals surface area contributed by atoms with E-state index >= 15 is 0 Å². The van der Waals surface area contributed by atoms with Gasteiger partial charge >= 0.3 is 0 Å². The van der Waals surface area contributed by atoms with Gasteiger partial charge in [-0.3, -0.25) is 9.97 Å². The van der Waals surface area contributed by atoms with Crippen molar-refractivity contribution in [1.29, 1.82) is 0 Å². The van der Waals surface area contributed by atoms with Crippen molar-refractivity contribution in [3.8, 4) is 0 Å². The lowest BCUT2D eigenvalue weighted by molar-refractivity contribution is 1.11. The molecular formula is C8H9N5S. The molecule has 0 fully saturated rings. The second-order valence-electron chi connectivity index (χ2n) is 2.65. The van der Waals surface area contributed by atoms with Crippen LogP contribution in [0.15, 0.2) is 24.1 Å². The Morgan fingerprint density at radius 2 is 2.21 bits per heavy atom. The third-order valence-corrected chi connectivity index (χ3v) is 2.36. The largest absolute Gasteiger partial charge is 0.382 e. The van der Waals surface area contributed by atoms with Crippen LogP contribution in [0.5, 0.6) is 0 Å². The summed E-state index contributed by atoms with van der Waals surface area (Å²) in [6, 6.07) is 0. The molecule has 0 aliphatic carbocycles. The minimum Gasteiger partial charge on any atom is -0.382 e. The fraction of sp³-hybridized carbons (Fsp3) is 0.125. The normalized spacial score (nSPS) is 10.0. The van der Waals surface area contributed by atoms with Crippen molar-refractivity contribution in [2.24, 2.45) is 0 Å². The van der Waals surface area contributed by atoms with Crippen molar-refractivity contribution in [3.05, 3.63) is 29.0 Å². The minimum absolute atomic E-state index is 0.416. The van der Waals surface area contributed by atoms with Crippen molar-refractivity contribution in [1.82, 2.24) is 15.0 Å². The second-order valence-corrected chi connectivity index (χ2v) is 3.62. The van der Waals surface area contributed by atoms with Crippen LogP contribution in [0.25, 0.3) is 0 Å². The first-order chi connectivity index (χ1) is 6.84. The molecule has 3 N–H and O–H groups in total. The van der Waals surface area contributed by atoms with Crippen molar-refractivity contribution >= 4 is 23.0 Å². The molecule has 2 rings (SSSR count). The molecule has 0 saturated heterocycles. The Balaban J connectivity index is 1.98. The summed E-state index contributed by atoms with van der Waals surface area (Å²) < 4.78 is 0. The lowest BCUT2D eigenvalue weighted by Crippen LogP contribution is -2.02. The summed E-state index contributed by atoms with van der Waals surface area (Å²) in [5.41, 5.74) is 7.28. The van der Waals surface area contributed by atoms with E-state index in [-0.39, 0.29) is 0 Å². The number of aromatic nitrogens is 3. The van der Waals surface area contributed by atoms with Crippen LogP contribution in [-0.2, 0) is 6.54 Å². The first-order valence-corrected chi connectivity index (χ1v) is 4.91. The molecule has 0 amide bonds. The minimum atomic E-state index is 0.416. The van der Waals surface area contributed by atoms with Gasteiger partial charge in [0.25, 0.3) is 0 Å². The Morgan fingerprint density at radius 1 is 1.29 bits per heavy atom. The standard InChI is InChI=1S/C8H9N5S/c9-7-3-10-4-8(13-7)12-2-6-1-11-5-14-6/h1,3-5H,2H2,(H3,9,12,13). The number of hydrogen-bond acceptors (Lipinski definition) is 6. The van der Waals surface area contributed by atoms with Crippen LogP contribution in [0.4, 0.5) is 11.6 Å². The Morgan fingerprint density at radius 3 is 2.93 bits per heavy atom. The lowest BCUT2D eigenvalue weighted by Gasteiger charge is -2.02. The molecule has 2 heterocycles. The zero-order valence-electron chi connectivity index (χ0n) is 7.34. The molecule has 0 saturated carbocycles. The van der Waals surface area contributed by atoms with Crippen molar-refractivity contribution in [2.75, 3.05) is 11.1 Å². The van der Waals surface area contributed by atoms with Gasteiger partial charge < -0.3 is 11.1 Å². The first kappa shape index (κ1) is 8.89. The molecule has 72 valence electrons. The molecule has 5 nitrogen and oxygen atoms in total. The second kappa shape index (κ2) is 4.01. The molecular weight excluding hydrogens is 198 g/mol. The number of hydrogen-bond donors (Lipinski definition) is 2. The van der Waals surface area contributed by atoms with Crippen molar-refractivity contribution in [2.45, 2.75) is 6.54 Å². The van der Waals surface area contributed by atoms with Gasteiger partial charge in [-0.05, 0) is 0 Å². The van der Waals surface area contributed by atoms with Crippen LogP contribution >= 0.6 is 11.3 Å². The van der Waals surface area contributed by atoms with Crippen LogP contribution < -0.4 is 11.1 Å². The van der Waals surface area contributed by atoms with Crippen LogP contribution in [0.2, 0.25) is 0 Å². The predicted molar refractivity (Wildman–Crippen MR) is 55.9 cm³/mol. The SMILES string of the molecule is Nc1cncc(NCc2cncs2)n1. The Bertz CT molecular complexity index is 400. The molecule has 0 atom stereocenters. The molecule has 0 unspecified atom stereocenters. The first-order valence-electron chi connectivity index (χ1n) is 4.03. The van der Waals surface area contributed by atoms with Crippen molar-refractivity contribution in [3.63, 3.8) is 0 Å². The highest BCUT2D eigenvalue weighted by molar-refractivity contribution is 7.09. The molecule has 0 bridgehead atoms. The van der Waals surface area contributed by atoms with E-state index in [0.29, 0.717) is 18.2 Å². The van der Waals surface area contributed by atoms with E-state index < -0.39 is 0 Å². The number of nitrogen functional groups attached to an aromatic ring is 1. The van der Waals surface area contributed by atoms with Gasteiger partial charge in [-0.25, -0.2) is 4.98 Å². The lowest BCUT2D eigenvalue weighted by atomic mass is 10.5. The van der Waals surface area contributed by atoms with E-state index in [1.807, 2.05) is 6.20 Å². The molecule has 6 heteroatoms. The number of anilines is 2. The quantitative estimate of drug-likeness (QED) is 0.788. The van der Waals surface area contributed by atoms with Gasteiger partial charge in [0.2, 0.25) is 0 Å². The van der Waals surface area contributed by atoms with Gasteiger partial charge in [0, 0.05) is 11.1 Å². The van der Waals surface area contributed by atoms with E-state index in [1.165, 1.54) is 6.20 Å². The van der Waals surface area contributed by atoms with E-state index in [4.69, 9.17) is 5.73 Å². The monoisotopic (exact) mass is 207 g/mol. The fourth-order valence-electron chi connectivity index (χ4n) is 0.973. The van der Waals surface area contributed by atoms with E-state index in [1.54, 1.807) is 23.0 Å². The molecule has 14 heavy (non-hydrogen) atoms. The van der Waals surface area contributed by atoms with Gasteiger partial charge in [0.05, 0.1) is 24.4 Å². The summed E-state index contributed by atoms with van der Waals surface area (Å²) in [4.78, 5) is 13.1. The summed E-state index contributed by atoms with van der Waals surface area (Å²) in [5.74, 6) is 1.10. The van der Waals surface area contributed by atoms with Crippen LogP contribution in [0, 0.1) is 0 Å². The highest BCUT2D eigenvalue weighted by Crippen LogP contribution is 2.09. The predicted octanol–water partition coefficient (Wildman–Crippen LogP) is 1.13. The summed E-state index contributed by atoms with van der Waals surface area (Å²) in [6.45, 7) is 0.697. The van der Waals surface area contributed by atoms with E-state index in [2.05, 4.69) is 20.3 Å². The summed E-state index contributed by atoms with van der Waals surface area (Å²) in [6.07, 6.45) is 4.96. The zero-order chi connectivity index (χ0) is 9.80. The molecule has 0 radical (unpaired) electrons. The zero-order valence-corrected chi connectivity index (χ0v) is 8.16. The van der Waals surface area contributed by atoms with Gasteiger partial charge in [-0.1, -0.05) is 0 Å². The molecule has 2 aromatic rings. The van der Waals surface area contributed by atoms with E-state index in [0.717, 1.165) is 4.88 Å². The van der Waals surface area contributed by atoms with Crippen LogP contribution in [0.3, 0.4) is 0 Å². The van der Waals surface area contributed by atoms with E-state index in [9.17, 15) is 0 Å². The maximum Gasteiger partial charge on any atom is 0.147 e. The highest BCUT2D eigenvalue weighted by Gasteiger charge is 1.97. The molecule has 0 aliphatic rings. The topological polar surface area (TPSA) is 76.7 Å². The van der Waals surface area contributed by atoms with Gasteiger partial charge in [0.15, 0.2) is 0 Å². The van der Waals surface area contributed by atoms with Gasteiger partial charge in [-0.15, -0.1) is 11.3 Å². The summed E-state index contributed by atoms with van der Waals surface area (Å²) >= 11 is 1.59. The average molecular weight is 207 g/mol. The number of thiazole rings is 1. The third kappa shape index (κ3) is 2.17.